The van der Waals surface area contributed by atoms with Crippen molar-refractivity contribution in [1.29, 1.82) is 0 Å². The SMILES string of the molecule is CN/C(C)=C(/NC(=O)C1CCCC(c2nnc(-c3ccccc3O)o2)C1)C(=O)Nc1ccccc1. The summed E-state index contributed by atoms with van der Waals surface area (Å²) in [4.78, 5) is 26.1. The van der Waals surface area contributed by atoms with Crippen molar-refractivity contribution in [3.8, 4) is 17.2 Å². The molecule has 1 aromatic heterocycles. The van der Waals surface area contributed by atoms with Crippen LogP contribution in [0, 0.1) is 5.92 Å². The van der Waals surface area contributed by atoms with Gasteiger partial charge in [-0.15, -0.1) is 10.2 Å². The van der Waals surface area contributed by atoms with Gasteiger partial charge in [-0.1, -0.05) is 36.8 Å². The molecular weight excluding hydrogens is 446 g/mol. The van der Waals surface area contributed by atoms with Gasteiger partial charge < -0.3 is 25.5 Å². The van der Waals surface area contributed by atoms with Crippen LogP contribution in [0.2, 0.25) is 0 Å². The number of anilines is 1. The van der Waals surface area contributed by atoms with E-state index in [4.69, 9.17) is 4.42 Å². The van der Waals surface area contributed by atoms with Crippen molar-refractivity contribution in [1.82, 2.24) is 20.8 Å². The molecular formula is C26H29N5O4. The fourth-order valence-electron chi connectivity index (χ4n) is 4.20. The molecule has 1 fully saturated rings. The Bertz CT molecular complexity index is 1220. The number of phenolic OH excluding ortho intramolecular Hbond substituents is 1. The summed E-state index contributed by atoms with van der Waals surface area (Å²) >= 11 is 0. The Balaban J connectivity index is 1.44. The van der Waals surface area contributed by atoms with Gasteiger partial charge in [0.1, 0.15) is 11.4 Å². The van der Waals surface area contributed by atoms with Crippen molar-refractivity contribution in [3.63, 3.8) is 0 Å². The zero-order valence-corrected chi connectivity index (χ0v) is 19.7. The second-order valence-electron chi connectivity index (χ2n) is 8.58. The van der Waals surface area contributed by atoms with Gasteiger partial charge in [0.05, 0.1) is 5.56 Å². The number of benzene rings is 2. The second-order valence-corrected chi connectivity index (χ2v) is 8.58. The third-order valence-electron chi connectivity index (χ3n) is 6.23. The molecule has 2 unspecified atom stereocenters. The highest BCUT2D eigenvalue weighted by Crippen LogP contribution is 2.37. The van der Waals surface area contributed by atoms with E-state index < -0.39 is 5.91 Å². The Kier molecular flexibility index (Phi) is 7.45. The maximum absolute atomic E-state index is 13.2. The number of hydrogen-bond acceptors (Lipinski definition) is 7. The number of nitrogens with zero attached hydrogens (tertiary/aromatic N) is 2. The Hall–Kier alpha value is -4.14. The number of rotatable bonds is 7. The summed E-state index contributed by atoms with van der Waals surface area (Å²) in [7, 11) is 1.70. The molecule has 4 N–H and O–H groups in total. The molecule has 9 heteroatoms. The number of aromatic nitrogens is 2. The van der Waals surface area contributed by atoms with Gasteiger partial charge in [-0.05, 0) is 50.5 Å². The molecule has 182 valence electrons. The molecule has 0 saturated heterocycles. The third kappa shape index (κ3) is 5.68. The maximum atomic E-state index is 13.2. The van der Waals surface area contributed by atoms with Crippen LogP contribution in [0.5, 0.6) is 5.75 Å². The molecule has 0 aliphatic heterocycles. The molecule has 1 aliphatic rings. The quantitative estimate of drug-likeness (QED) is 0.381. The van der Waals surface area contributed by atoms with Crippen molar-refractivity contribution < 1.29 is 19.1 Å². The van der Waals surface area contributed by atoms with E-state index in [1.54, 1.807) is 50.4 Å². The monoisotopic (exact) mass is 475 g/mol. The molecule has 0 radical (unpaired) electrons. The standard InChI is InChI=1S/C26H29N5O4/c1-16(27-2)22(24(34)28-19-11-4-3-5-12-19)29-23(33)17-9-8-10-18(15-17)25-30-31-26(35-25)20-13-6-7-14-21(20)32/h3-7,11-14,17-18,27,32H,8-10,15H2,1-2H3,(H,28,34)(H,29,33)/b22-16+. The van der Waals surface area contributed by atoms with Crippen molar-refractivity contribution in [3.05, 3.63) is 71.9 Å². The molecule has 0 spiro atoms. The van der Waals surface area contributed by atoms with Crippen LogP contribution in [-0.4, -0.2) is 34.2 Å². The fraction of sp³-hybridized carbons (Fsp3) is 0.308. The van der Waals surface area contributed by atoms with Gasteiger partial charge in [0.25, 0.3) is 11.8 Å². The van der Waals surface area contributed by atoms with Gasteiger partial charge in [-0.2, -0.15) is 0 Å². The number of phenols is 1. The van der Waals surface area contributed by atoms with Gasteiger partial charge in [0.2, 0.25) is 11.8 Å². The van der Waals surface area contributed by atoms with Crippen LogP contribution in [0.15, 0.2) is 70.4 Å². The Morgan fingerprint density at radius 1 is 1.03 bits per heavy atom. The van der Waals surface area contributed by atoms with Crippen LogP contribution in [0.4, 0.5) is 5.69 Å². The van der Waals surface area contributed by atoms with Gasteiger partial charge in [-0.3, -0.25) is 9.59 Å². The lowest BCUT2D eigenvalue weighted by Crippen LogP contribution is -2.38. The highest BCUT2D eigenvalue weighted by Gasteiger charge is 2.32. The first kappa shape index (κ1) is 24.0. The molecule has 9 nitrogen and oxygen atoms in total. The molecule has 35 heavy (non-hydrogen) atoms. The average Bonchev–Trinajstić information content (AvgIpc) is 3.38. The lowest BCUT2D eigenvalue weighted by molar-refractivity contribution is -0.126. The second kappa shape index (κ2) is 10.9. The van der Waals surface area contributed by atoms with E-state index in [-0.39, 0.29) is 35.1 Å². The zero-order valence-electron chi connectivity index (χ0n) is 19.7. The summed E-state index contributed by atoms with van der Waals surface area (Å²) in [6, 6.07) is 15.9. The van der Waals surface area contributed by atoms with Gasteiger partial charge in [0, 0.05) is 30.3 Å². The van der Waals surface area contributed by atoms with Crippen molar-refractivity contribution in [2.24, 2.45) is 5.92 Å². The molecule has 2 aromatic carbocycles. The number of nitrogens with one attached hydrogen (secondary N) is 3. The Morgan fingerprint density at radius 3 is 2.51 bits per heavy atom. The van der Waals surface area contributed by atoms with Crippen molar-refractivity contribution in [2.45, 2.75) is 38.5 Å². The lowest BCUT2D eigenvalue weighted by Gasteiger charge is -2.26. The predicted molar refractivity (Wildman–Crippen MR) is 131 cm³/mol. The Labute approximate surface area is 203 Å². The summed E-state index contributed by atoms with van der Waals surface area (Å²) in [6.45, 7) is 1.74. The smallest absolute Gasteiger partial charge is 0.273 e. The summed E-state index contributed by atoms with van der Waals surface area (Å²) in [5, 5.41) is 26.9. The topological polar surface area (TPSA) is 129 Å². The van der Waals surface area contributed by atoms with Crippen LogP contribution < -0.4 is 16.0 Å². The fourth-order valence-corrected chi connectivity index (χ4v) is 4.20. The maximum Gasteiger partial charge on any atom is 0.273 e. The van der Waals surface area contributed by atoms with E-state index in [1.165, 1.54) is 0 Å². The molecule has 2 atom stereocenters. The molecule has 3 aromatic rings. The summed E-state index contributed by atoms with van der Waals surface area (Å²) in [6.07, 6.45) is 2.87. The summed E-state index contributed by atoms with van der Waals surface area (Å²) < 4.78 is 5.86. The number of aromatic hydroxyl groups is 1. The molecule has 4 rings (SSSR count). The van der Waals surface area contributed by atoms with Gasteiger partial charge >= 0.3 is 0 Å². The highest BCUT2D eigenvalue weighted by atomic mass is 16.4. The van der Waals surface area contributed by atoms with E-state index in [9.17, 15) is 14.7 Å². The van der Waals surface area contributed by atoms with Crippen molar-refractivity contribution >= 4 is 17.5 Å². The van der Waals surface area contributed by atoms with Gasteiger partial charge in [0.15, 0.2) is 0 Å². The molecule has 2 amide bonds. The van der Waals surface area contributed by atoms with E-state index in [0.717, 1.165) is 12.8 Å². The summed E-state index contributed by atoms with van der Waals surface area (Å²) in [5.41, 5.74) is 1.85. The average molecular weight is 476 g/mol. The van der Waals surface area contributed by atoms with E-state index in [2.05, 4.69) is 26.1 Å². The number of amides is 2. The molecule has 0 bridgehead atoms. The van der Waals surface area contributed by atoms with E-state index >= 15 is 0 Å². The number of hydrogen-bond donors (Lipinski definition) is 4. The Morgan fingerprint density at radius 2 is 1.77 bits per heavy atom. The highest BCUT2D eigenvalue weighted by molar-refractivity contribution is 6.06. The first-order chi connectivity index (χ1) is 17.0. The van der Waals surface area contributed by atoms with Crippen LogP contribution in [0.1, 0.15) is 44.4 Å². The minimum atomic E-state index is -0.395. The molecule has 1 heterocycles. The van der Waals surface area contributed by atoms with Crippen LogP contribution >= 0.6 is 0 Å². The predicted octanol–water partition coefficient (Wildman–Crippen LogP) is 3.92. The molecule has 1 saturated carbocycles. The van der Waals surface area contributed by atoms with E-state index in [1.807, 2.05) is 18.2 Å². The van der Waals surface area contributed by atoms with Gasteiger partial charge in [-0.25, -0.2) is 0 Å². The third-order valence-corrected chi connectivity index (χ3v) is 6.23. The zero-order chi connectivity index (χ0) is 24.8. The largest absolute Gasteiger partial charge is 0.507 e. The molecule has 1 aliphatic carbocycles. The van der Waals surface area contributed by atoms with Crippen LogP contribution in [0.25, 0.3) is 11.5 Å². The first-order valence-electron chi connectivity index (χ1n) is 11.6. The number of para-hydroxylation sites is 2. The van der Waals surface area contributed by atoms with Crippen LogP contribution in [-0.2, 0) is 9.59 Å². The number of allylic oxidation sites excluding steroid dienone is 1. The number of carbonyl (C=O) groups is 2. The minimum absolute atomic E-state index is 0.0663. The normalized spacial score (nSPS) is 18.3. The first-order valence-corrected chi connectivity index (χ1v) is 11.6. The number of carbonyl (C=O) groups excluding carboxylic acids is 2. The minimum Gasteiger partial charge on any atom is -0.507 e. The van der Waals surface area contributed by atoms with E-state index in [0.29, 0.717) is 35.7 Å². The van der Waals surface area contributed by atoms with Crippen LogP contribution in [0.3, 0.4) is 0 Å². The lowest BCUT2D eigenvalue weighted by atomic mass is 9.81. The summed E-state index contributed by atoms with van der Waals surface area (Å²) in [5.74, 6) is -0.240. The van der Waals surface area contributed by atoms with Crippen molar-refractivity contribution in [2.75, 3.05) is 12.4 Å².